The summed E-state index contributed by atoms with van der Waals surface area (Å²) in [6.07, 6.45) is 3.64. The Bertz CT molecular complexity index is 1460. The number of carbonyl (C=O) groups is 4. The SMILES string of the molecule is CCC1CCc2c(sc(NC(=O)C(F)(F)C(F)(F)C(F)(F)C(F)(F)C(=O)Nc3sc4c(c3C(N)=O)CCC(CC)C4)c2C(N)=O)C1. The summed E-state index contributed by atoms with van der Waals surface area (Å²) in [6.45, 7) is 3.73. The largest absolute Gasteiger partial charge is 0.393 e. The first-order valence-electron chi connectivity index (χ1n) is 14.3. The van der Waals surface area contributed by atoms with E-state index < -0.39 is 68.4 Å². The molecule has 2 aromatic heterocycles. The molecule has 18 heteroatoms. The van der Waals surface area contributed by atoms with Crippen LogP contribution in [0.25, 0.3) is 0 Å². The van der Waals surface area contributed by atoms with Crippen molar-refractivity contribution in [3.8, 4) is 0 Å². The first-order chi connectivity index (χ1) is 21.2. The Balaban J connectivity index is 1.61. The fourth-order valence-corrected chi connectivity index (χ4v) is 8.47. The Labute approximate surface area is 265 Å². The maximum Gasteiger partial charge on any atom is 0.393 e. The van der Waals surface area contributed by atoms with Gasteiger partial charge in [0.1, 0.15) is 10.0 Å². The van der Waals surface area contributed by atoms with Crippen LogP contribution in [0, 0.1) is 11.8 Å². The van der Waals surface area contributed by atoms with Crippen LogP contribution < -0.4 is 22.1 Å². The van der Waals surface area contributed by atoms with Gasteiger partial charge in [0.2, 0.25) is 0 Å². The number of thiophene rings is 2. The number of hydrogen-bond donors (Lipinski definition) is 4. The molecule has 2 aliphatic rings. The number of anilines is 2. The fraction of sp³-hybridized carbons (Fsp3) is 0.571. The maximum atomic E-state index is 14.8. The molecule has 2 atom stereocenters. The van der Waals surface area contributed by atoms with Gasteiger partial charge in [-0.2, -0.15) is 35.1 Å². The van der Waals surface area contributed by atoms with Crippen molar-refractivity contribution in [3.63, 3.8) is 0 Å². The lowest BCUT2D eigenvalue weighted by atomic mass is 9.85. The molecule has 8 nitrogen and oxygen atoms in total. The Kier molecular flexibility index (Phi) is 9.58. The number of nitrogens with two attached hydrogens (primary N) is 2. The molecule has 0 saturated carbocycles. The van der Waals surface area contributed by atoms with Crippen LogP contribution in [0.15, 0.2) is 0 Å². The summed E-state index contributed by atoms with van der Waals surface area (Å²) in [5.41, 5.74) is 10.2. The normalized spacial score (nSPS) is 18.8. The quantitative estimate of drug-likeness (QED) is 0.208. The van der Waals surface area contributed by atoms with Crippen LogP contribution in [-0.4, -0.2) is 47.3 Å². The van der Waals surface area contributed by atoms with Crippen molar-refractivity contribution in [2.75, 3.05) is 10.6 Å². The van der Waals surface area contributed by atoms with E-state index in [1.54, 1.807) is 0 Å². The number of halogens is 8. The van der Waals surface area contributed by atoms with Gasteiger partial charge in [-0.15, -0.1) is 22.7 Å². The lowest BCUT2D eigenvalue weighted by Crippen LogP contribution is -2.67. The third-order valence-corrected chi connectivity index (χ3v) is 10.9. The van der Waals surface area contributed by atoms with Crippen LogP contribution in [0.5, 0.6) is 0 Å². The van der Waals surface area contributed by atoms with Gasteiger partial charge in [-0.25, -0.2) is 0 Å². The van der Waals surface area contributed by atoms with Gasteiger partial charge < -0.3 is 22.1 Å². The second-order valence-electron chi connectivity index (χ2n) is 11.4. The van der Waals surface area contributed by atoms with Crippen molar-refractivity contribution in [1.29, 1.82) is 0 Å². The number of amides is 4. The molecule has 0 radical (unpaired) electrons. The topological polar surface area (TPSA) is 144 Å². The molecular formula is C28H30F8N4O4S2. The molecule has 0 bridgehead atoms. The zero-order chi connectivity index (χ0) is 34.6. The molecule has 2 aliphatic carbocycles. The highest BCUT2D eigenvalue weighted by Gasteiger charge is 2.84. The number of fused-ring (bicyclic) bond motifs is 2. The average molecular weight is 703 g/mol. The third-order valence-electron chi connectivity index (χ3n) is 8.59. The minimum Gasteiger partial charge on any atom is -0.365 e. The van der Waals surface area contributed by atoms with Gasteiger partial charge >= 0.3 is 35.5 Å². The van der Waals surface area contributed by atoms with Crippen molar-refractivity contribution in [1.82, 2.24) is 0 Å². The number of primary amides is 2. The summed E-state index contributed by atoms with van der Waals surface area (Å²) in [5.74, 6) is -35.9. The van der Waals surface area contributed by atoms with Crippen LogP contribution in [0.2, 0.25) is 0 Å². The molecule has 0 aliphatic heterocycles. The van der Waals surface area contributed by atoms with E-state index >= 15 is 0 Å². The van der Waals surface area contributed by atoms with E-state index in [2.05, 4.69) is 0 Å². The summed E-state index contributed by atoms with van der Waals surface area (Å²) >= 11 is 1.11. The van der Waals surface area contributed by atoms with Crippen molar-refractivity contribution in [2.24, 2.45) is 23.3 Å². The average Bonchev–Trinajstić information content (AvgIpc) is 3.52. The fourth-order valence-electron chi connectivity index (χ4n) is 5.75. The van der Waals surface area contributed by atoms with Crippen LogP contribution >= 0.6 is 22.7 Å². The summed E-state index contributed by atoms with van der Waals surface area (Å²) < 4.78 is 119. The molecule has 46 heavy (non-hydrogen) atoms. The second kappa shape index (κ2) is 12.4. The van der Waals surface area contributed by atoms with Gasteiger partial charge in [-0.1, -0.05) is 26.7 Å². The van der Waals surface area contributed by atoms with Crippen LogP contribution in [0.1, 0.15) is 81.1 Å². The van der Waals surface area contributed by atoms with Crippen molar-refractivity contribution in [2.45, 2.75) is 88.9 Å². The van der Waals surface area contributed by atoms with Crippen molar-refractivity contribution < 1.29 is 54.3 Å². The smallest absolute Gasteiger partial charge is 0.365 e. The van der Waals surface area contributed by atoms with Gasteiger partial charge in [-0.05, 0) is 61.5 Å². The number of alkyl halides is 8. The van der Waals surface area contributed by atoms with Gasteiger partial charge in [0.25, 0.3) is 11.8 Å². The summed E-state index contributed by atoms with van der Waals surface area (Å²) in [4.78, 5) is 49.8. The van der Waals surface area contributed by atoms with E-state index in [1.807, 2.05) is 13.8 Å². The zero-order valence-corrected chi connectivity index (χ0v) is 26.1. The molecule has 0 aromatic carbocycles. The maximum absolute atomic E-state index is 14.8. The first kappa shape index (κ1) is 35.6. The number of hydrogen-bond acceptors (Lipinski definition) is 6. The molecule has 4 amide bonds. The van der Waals surface area contributed by atoms with E-state index in [1.165, 1.54) is 10.6 Å². The molecule has 6 N–H and O–H groups in total. The van der Waals surface area contributed by atoms with Crippen LogP contribution in [-0.2, 0) is 35.3 Å². The lowest BCUT2D eigenvalue weighted by Gasteiger charge is -2.35. The van der Waals surface area contributed by atoms with Crippen LogP contribution in [0.4, 0.5) is 45.1 Å². The van der Waals surface area contributed by atoms with Gasteiger partial charge in [-0.3, -0.25) is 19.2 Å². The highest BCUT2D eigenvalue weighted by Crippen LogP contribution is 2.54. The number of rotatable bonds is 11. The van der Waals surface area contributed by atoms with Gasteiger partial charge in [0, 0.05) is 9.75 Å². The molecule has 2 heterocycles. The minimum atomic E-state index is -7.16. The van der Waals surface area contributed by atoms with Gasteiger partial charge in [0.05, 0.1) is 11.1 Å². The van der Waals surface area contributed by atoms with E-state index in [4.69, 9.17) is 11.5 Å². The predicted octanol–water partition coefficient (Wildman–Crippen LogP) is 6.16. The Hall–Kier alpha value is -3.28. The second-order valence-corrected chi connectivity index (χ2v) is 13.6. The lowest BCUT2D eigenvalue weighted by molar-refractivity contribution is -0.345. The van der Waals surface area contributed by atoms with E-state index in [9.17, 15) is 54.3 Å². The molecule has 2 unspecified atom stereocenters. The molecule has 0 spiro atoms. The zero-order valence-electron chi connectivity index (χ0n) is 24.4. The van der Waals surface area contributed by atoms with Crippen LogP contribution in [0.3, 0.4) is 0 Å². The number of nitrogens with one attached hydrogen (secondary N) is 2. The highest BCUT2D eigenvalue weighted by atomic mass is 32.1. The molecule has 0 fully saturated rings. The summed E-state index contributed by atoms with van der Waals surface area (Å²) in [7, 11) is 0. The summed E-state index contributed by atoms with van der Waals surface area (Å²) in [5, 5.41) is 1.14. The Morgan fingerprint density at radius 3 is 1.28 bits per heavy atom. The molecule has 0 saturated heterocycles. The molecular weight excluding hydrogens is 672 g/mol. The Morgan fingerprint density at radius 1 is 0.674 bits per heavy atom. The van der Waals surface area contributed by atoms with E-state index in [0.717, 1.165) is 0 Å². The highest BCUT2D eigenvalue weighted by molar-refractivity contribution is 7.17. The standard InChI is InChI=1S/C28H30F8N4O4S2/c1-3-11-5-7-13-15(9-11)45-21(17(13)19(37)41)39-23(43)25(29,30)27(33,34)28(35,36)26(31,32)24(44)40-22-18(20(38)42)14-8-6-12(4-2)10-16(14)46-22/h11-12H,3-10H2,1-2H3,(H2,37,41)(H2,38,42)(H,39,43)(H,40,44). The third kappa shape index (κ3) is 5.75. The Morgan fingerprint density at radius 2 is 1.00 bits per heavy atom. The molecule has 2 aromatic rings. The number of carbonyl (C=O) groups excluding carboxylic acids is 4. The predicted molar refractivity (Wildman–Crippen MR) is 154 cm³/mol. The van der Waals surface area contributed by atoms with Crippen molar-refractivity contribution in [3.05, 3.63) is 32.0 Å². The van der Waals surface area contributed by atoms with E-state index in [-0.39, 0.29) is 35.8 Å². The summed E-state index contributed by atoms with van der Waals surface area (Å²) in [6, 6.07) is 0. The first-order valence-corrected chi connectivity index (χ1v) is 15.9. The van der Waals surface area contributed by atoms with Crippen molar-refractivity contribution >= 4 is 56.3 Å². The molecule has 254 valence electrons. The monoisotopic (exact) mass is 702 g/mol. The van der Waals surface area contributed by atoms with E-state index in [0.29, 0.717) is 71.0 Å². The molecule has 4 rings (SSSR count). The minimum absolute atomic E-state index is 0.111. The van der Waals surface area contributed by atoms with Gasteiger partial charge in [0.15, 0.2) is 0 Å².